The summed E-state index contributed by atoms with van der Waals surface area (Å²) in [6, 6.07) is 5.49. The predicted molar refractivity (Wildman–Crippen MR) is 98.3 cm³/mol. The van der Waals surface area contributed by atoms with Gasteiger partial charge in [-0.05, 0) is 18.2 Å². The van der Waals surface area contributed by atoms with Crippen LogP contribution in [-0.4, -0.2) is 37.9 Å². The Hall–Kier alpha value is -2.62. The highest BCUT2D eigenvalue weighted by Crippen LogP contribution is 2.34. The number of nitrogens with one attached hydrogen (secondary N) is 1. The van der Waals surface area contributed by atoms with E-state index in [4.69, 9.17) is 27.8 Å². The fourth-order valence-corrected chi connectivity index (χ4v) is 3.55. The summed E-state index contributed by atoms with van der Waals surface area (Å²) in [6.07, 6.45) is 3.41. The number of aromatic nitrogens is 5. The lowest BCUT2D eigenvalue weighted by Crippen LogP contribution is -2.10. The average molecular weight is 376 g/mol. The number of hydrogen-bond acceptors (Lipinski definition) is 7. The summed E-state index contributed by atoms with van der Waals surface area (Å²) in [6.45, 7) is 0.880. The molecule has 0 aliphatic heterocycles. The van der Waals surface area contributed by atoms with Crippen LogP contribution in [0.1, 0.15) is 0 Å². The van der Waals surface area contributed by atoms with E-state index in [1.165, 1.54) is 11.3 Å². The molecule has 0 fully saturated rings. The number of H-pyrrole nitrogens is 1. The Kier molecular flexibility index (Phi) is 4.04. The second kappa shape index (κ2) is 6.36. The van der Waals surface area contributed by atoms with Gasteiger partial charge < -0.3 is 16.2 Å². The van der Waals surface area contributed by atoms with Gasteiger partial charge in [0.15, 0.2) is 16.6 Å². The van der Waals surface area contributed by atoms with Gasteiger partial charge in [0.05, 0.1) is 16.9 Å². The van der Waals surface area contributed by atoms with Gasteiger partial charge in [-0.1, -0.05) is 22.9 Å². The van der Waals surface area contributed by atoms with Gasteiger partial charge >= 0.3 is 0 Å². The number of nitrogen functional groups attached to an aromatic ring is 1. The van der Waals surface area contributed by atoms with Crippen LogP contribution in [0.15, 0.2) is 30.7 Å². The molecule has 3 heterocycles. The molecular weight excluding hydrogens is 362 g/mol. The van der Waals surface area contributed by atoms with Crippen LogP contribution in [0.25, 0.3) is 27.4 Å². The molecule has 0 saturated carbocycles. The van der Waals surface area contributed by atoms with Gasteiger partial charge in [0.2, 0.25) is 0 Å². The highest BCUT2D eigenvalue weighted by atomic mass is 35.5. The van der Waals surface area contributed by atoms with Crippen LogP contribution in [-0.2, 0) is 0 Å². The summed E-state index contributed by atoms with van der Waals surface area (Å²) in [4.78, 5) is 8.43. The summed E-state index contributed by atoms with van der Waals surface area (Å²) in [5.74, 6) is 1.35. The Bertz CT molecular complexity index is 1040. The number of nitrogens with two attached hydrogens (primary N) is 2. The Morgan fingerprint density at radius 3 is 3.04 bits per heavy atom. The maximum atomic E-state index is 6.45. The van der Waals surface area contributed by atoms with Crippen LogP contribution >= 0.6 is 22.9 Å². The van der Waals surface area contributed by atoms with Gasteiger partial charge in [0.1, 0.15) is 23.4 Å². The molecule has 8 nitrogen and oxygen atoms in total. The molecule has 0 radical (unpaired) electrons. The normalized spacial score (nSPS) is 11.3. The highest BCUT2D eigenvalue weighted by Gasteiger charge is 2.17. The molecule has 0 saturated heterocycles. The number of halogens is 1. The summed E-state index contributed by atoms with van der Waals surface area (Å²) in [7, 11) is 0. The first kappa shape index (κ1) is 15.9. The quantitative estimate of drug-likeness (QED) is 0.492. The second-order valence-electron chi connectivity index (χ2n) is 5.20. The van der Waals surface area contributed by atoms with Gasteiger partial charge in [0, 0.05) is 12.1 Å². The van der Waals surface area contributed by atoms with E-state index in [-0.39, 0.29) is 0 Å². The molecule has 0 atom stereocenters. The van der Waals surface area contributed by atoms with E-state index in [1.807, 2.05) is 16.7 Å². The largest absolute Gasteiger partial charge is 0.492 e. The molecule has 0 aliphatic rings. The van der Waals surface area contributed by atoms with E-state index < -0.39 is 0 Å². The van der Waals surface area contributed by atoms with Crippen molar-refractivity contribution in [1.82, 2.24) is 24.7 Å². The Balaban J connectivity index is 1.77. The van der Waals surface area contributed by atoms with Crippen molar-refractivity contribution in [2.45, 2.75) is 0 Å². The molecule has 3 aromatic heterocycles. The fraction of sp³-hybridized carbons (Fsp3) is 0.133. The number of aromatic amines is 1. The number of ether oxygens (including phenoxy) is 1. The molecule has 4 rings (SSSR count). The van der Waals surface area contributed by atoms with Crippen molar-refractivity contribution in [3.63, 3.8) is 0 Å². The van der Waals surface area contributed by atoms with Gasteiger partial charge in [0.25, 0.3) is 0 Å². The topological polar surface area (TPSA) is 121 Å². The number of anilines is 1. The highest BCUT2D eigenvalue weighted by molar-refractivity contribution is 7.22. The van der Waals surface area contributed by atoms with Crippen LogP contribution in [0, 0.1) is 0 Å². The van der Waals surface area contributed by atoms with Crippen molar-refractivity contribution in [2.24, 2.45) is 5.73 Å². The molecule has 0 unspecified atom stereocenters. The molecular formula is C15H14ClN7OS. The Morgan fingerprint density at radius 1 is 1.36 bits per heavy atom. The minimum atomic E-state index is 0.436. The van der Waals surface area contributed by atoms with Gasteiger partial charge in [-0.2, -0.15) is 5.10 Å². The Morgan fingerprint density at radius 2 is 2.24 bits per heavy atom. The zero-order valence-corrected chi connectivity index (χ0v) is 14.5. The van der Waals surface area contributed by atoms with Crippen molar-refractivity contribution in [2.75, 3.05) is 18.9 Å². The molecule has 0 aliphatic carbocycles. The zero-order valence-electron chi connectivity index (χ0n) is 12.9. The minimum Gasteiger partial charge on any atom is -0.492 e. The third-order valence-electron chi connectivity index (χ3n) is 3.58. The van der Waals surface area contributed by atoms with Crippen molar-refractivity contribution in [3.05, 3.63) is 35.7 Å². The van der Waals surface area contributed by atoms with Crippen molar-refractivity contribution >= 4 is 38.4 Å². The van der Waals surface area contributed by atoms with E-state index in [1.54, 1.807) is 18.6 Å². The summed E-state index contributed by atoms with van der Waals surface area (Å²) < 4.78 is 8.20. The predicted octanol–water partition coefficient (Wildman–Crippen LogP) is 2.45. The lowest BCUT2D eigenvalue weighted by atomic mass is 10.1. The first-order valence-electron chi connectivity index (χ1n) is 7.43. The number of hydrogen-bond donors (Lipinski definition) is 3. The molecule has 0 amide bonds. The molecule has 0 bridgehead atoms. The van der Waals surface area contributed by atoms with E-state index in [2.05, 4.69) is 20.2 Å². The minimum absolute atomic E-state index is 0.436. The first-order chi connectivity index (χ1) is 12.2. The first-order valence-corrected chi connectivity index (χ1v) is 8.62. The molecule has 1 aromatic carbocycles. The standard InChI is InChI=1S/C15H14ClN7OS/c16-10-5-8(24-4-3-17)1-2-9(10)11-6-19-7-23(11)14-12-13(21-22-14)20-15(18)25-12/h1-2,5-7H,3-4,17H2,(H3,18,20,21,22). The number of imidazole rings is 1. The molecule has 10 heteroatoms. The average Bonchev–Trinajstić information content (AvgIpc) is 3.28. The van der Waals surface area contributed by atoms with Crippen LogP contribution in [0.3, 0.4) is 0 Å². The number of rotatable bonds is 5. The Labute approximate surface area is 151 Å². The molecule has 5 N–H and O–H groups in total. The zero-order chi connectivity index (χ0) is 17.4. The summed E-state index contributed by atoms with van der Waals surface area (Å²) in [5.41, 5.74) is 13.5. The monoisotopic (exact) mass is 375 g/mol. The lowest BCUT2D eigenvalue weighted by Gasteiger charge is -2.10. The summed E-state index contributed by atoms with van der Waals surface area (Å²) in [5, 5.41) is 8.23. The number of fused-ring (bicyclic) bond motifs is 1. The molecule has 0 spiro atoms. The van der Waals surface area contributed by atoms with E-state index >= 15 is 0 Å². The molecule has 4 aromatic rings. The van der Waals surface area contributed by atoms with E-state index in [0.29, 0.717) is 40.5 Å². The number of nitrogens with zero attached hydrogens (tertiary/aromatic N) is 4. The summed E-state index contributed by atoms with van der Waals surface area (Å²) >= 11 is 7.81. The van der Waals surface area contributed by atoms with E-state index in [9.17, 15) is 0 Å². The fourth-order valence-electron chi connectivity index (χ4n) is 2.52. The van der Waals surface area contributed by atoms with Crippen molar-refractivity contribution in [1.29, 1.82) is 0 Å². The van der Waals surface area contributed by atoms with Gasteiger partial charge in [-0.25, -0.2) is 9.97 Å². The number of thiazole rings is 1. The second-order valence-corrected chi connectivity index (χ2v) is 6.64. The van der Waals surface area contributed by atoms with Crippen LogP contribution in [0.2, 0.25) is 5.02 Å². The third kappa shape index (κ3) is 2.82. The van der Waals surface area contributed by atoms with Gasteiger partial charge in [-0.15, -0.1) is 0 Å². The van der Waals surface area contributed by atoms with Crippen LogP contribution in [0.4, 0.5) is 5.13 Å². The molecule has 25 heavy (non-hydrogen) atoms. The van der Waals surface area contributed by atoms with E-state index in [0.717, 1.165) is 16.0 Å². The van der Waals surface area contributed by atoms with Crippen LogP contribution < -0.4 is 16.2 Å². The third-order valence-corrected chi connectivity index (χ3v) is 4.78. The maximum absolute atomic E-state index is 6.45. The van der Waals surface area contributed by atoms with Gasteiger partial charge in [-0.3, -0.25) is 9.67 Å². The van der Waals surface area contributed by atoms with Crippen molar-refractivity contribution < 1.29 is 4.74 Å². The number of benzene rings is 1. The molecule has 128 valence electrons. The van der Waals surface area contributed by atoms with Crippen LogP contribution in [0.5, 0.6) is 5.75 Å². The van der Waals surface area contributed by atoms with Crippen molar-refractivity contribution in [3.8, 4) is 22.8 Å². The SMILES string of the molecule is NCCOc1ccc(-c2cncn2-c2n[nH]c3nc(N)sc23)c(Cl)c1. The lowest BCUT2D eigenvalue weighted by molar-refractivity contribution is 0.328. The smallest absolute Gasteiger partial charge is 0.182 e. The maximum Gasteiger partial charge on any atom is 0.182 e.